The van der Waals surface area contributed by atoms with Gasteiger partial charge in [0.2, 0.25) is 0 Å². The number of rotatable bonds is 3. The first-order valence-electron chi connectivity index (χ1n) is 7.46. The van der Waals surface area contributed by atoms with E-state index in [0.717, 1.165) is 18.6 Å². The second kappa shape index (κ2) is 4.64. The monoisotopic (exact) mass is 265 g/mol. The van der Waals surface area contributed by atoms with Crippen molar-refractivity contribution in [1.29, 1.82) is 0 Å². The summed E-state index contributed by atoms with van der Waals surface area (Å²) < 4.78 is 5.90. The van der Waals surface area contributed by atoms with Crippen LogP contribution in [0.2, 0.25) is 0 Å². The summed E-state index contributed by atoms with van der Waals surface area (Å²) >= 11 is 0. The van der Waals surface area contributed by atoms with Gasteiger partial charge in [-0.3, -0.25) is 0 Å². The molecule has 2 heteroatoms. The Morgan fingerprint density at radius 1 is 1.00 bits per heavy atom. The number of ether oxygens (including phenoxy) is 1. The van der Waals surface area contributed by atoms with Crippen molar-refractivity contribution in [3.63, 3.8) is 0 Å². The quantitative estimate of drug-likeness (QED) is 0.915. The molecule has 0 amide bonds. The molecule has 2 N–H and O–H groups in total. The SMILES string of the molecule is NC1CCc2c(-c3cccc(OC4CC4)c3)cccc21. The maximum atomic E-state index is 6.17. The molecule has 2 nitrogen and oxygen atoms in total. The van der Waals surface area contributed by atoms with Crippen LogP contribution < -0.4 is 10.5 Å². The van der Waals surface area contributed by atoms with Gasteiger partial charge in [-0.2, -0.15) is 0 Å². The zero-order chi connectivity index (χ0) is 13.5. The molecule has 1 atom stereocenters. The second-order valence-electron chi connectivity index (χ2n) is 5.86. The summed E-state index contributed by atoms with van der Waals surface area (Å²) in [4.78, 5) is 0. The Hall–Kier alpha value is -1.80. The molecule has 2 aromatic carbocycles. The maximum absolute atomic E-state index is 6.17. The van der Waals surface area contributed by atoms with Crippen molar-refractivity contribution < 1.29 is 4.74 Å². The van der Waals surface area contributed by atoms with Gasteiger partial charge in [0.05, 0.1) is 6.10 Å². The van der Waals surface area contributed by atoms with E-state index in [9.17, 15) is 0 Å². The van der Waals surface area contributed by atoms with Crippen LogP contribution in [0.15, 0.2) is 42.5 Å². The van der Waals surface area contributed by atoms with Gasteiger partial charge >= 0.3 is 0 Å². The molecular formula is C18H19NO. The molecule has 0 aromatic heterocycles. The molecule has 0 heterocycles. The average molecular weight is 265 g/mol. The molecule has 2 aliphatic carbocycles. The van der Waals surface area contributed by atoms with E-state index in [4.69, 9.17) is 10.5 Å². The van der Waals surface area contributed by atoms with Crippen LogP contribution in [-0.2, 0) is 6.42 Å². The summed E-state index contributed by atoms with van der Waals surface area (Å²) in [6.07, 6.45) is 4.98. The molecule has 102 valence electrons. The minimum atomic E-state index is 0.204. The van der Waals surface area contributed by atoms with Crippen molar-refractivity contribution in [2.24, 2.45) is 5.73 Å². The molecule has 0 radical (unpaired) electrons. The predicted octanol–water partition coefficient (Wildman–Crippen LogP) is 3.84. The van der Waals surface area contributed by atoms with E-state index in [1.54, 1.807) is 0 Å². The molecule has 0 bridgehead atoms. The van der Waals surface area contributed by atoms with Gasteiger partial charge in [0.25, 0.3) is 0 Å². The molecule has 20 heavy (non-hydrogen) atoms. The van der Waals surface area contributed by atoms with Gasteiger partial charge in [-0.15, -0.1) is 0 Å². The summed E-state index contributed by atoms with van der Waals surface area (Å²) in [5.41, 5.74) is 11.5. The van der Waals surface area contributed by atoms with Crippen molar-refractivity contribution in [1.82, 2.24) is 0 Å². The summed E-state index contributed by atoms with van der Waals surface area (Å²) in [6, 6.07) is 15.2. The summed E-state index contributed by atoms with van der Waals surface area (Å²) in [5.74, 6) is 0.991. The van der Waals surface area contributed by atoms with Crippen LogP contribution in [0.3, 0.4) is 0 Å². The van der Waals surface area contributed by atoms with Crippen LogP contribution in [0.5, 0.6) is 5.75 Å². The summed E-state index contributed by atoms with van der Waals surface area (Å²) in [7, 11) is 0. The Bertz CT molecular complexity index is 646. The largest absolute Gasteiger partial charge is 0.490 e. The normalized spacial score (nSPS) is 20.8. The lowest BCUT2D eigenvalue weighted by atomic mass is 9.96. The third kappa shape index (κ3) is 2.10. The van der Waals surface area contributed by atoms with E-state index in [1.165, 1.54) is 35.1 Å². The Kier molecular flexibility index (Phi) is 2.78. The number of hydrogen-bond acceptors (Lipinski definition) is 2. The van der Waals surface area contributed by atoms with E-state index in [0.29, 0.717) is 6.10 Å². The lowest BCUT2D eigenvalue weighted by molar-refractivity contribution is 0.303. The average Bonchev–Trinajstić information content (AvgIpc) is 3.21. The fourth-order valence-corrected chi connectivity index (χ4v) is 3.07. The van der Waals surface area contributed by atoms with E-state index < -0.39 is 0 Å². The molecule has 1 fully saturated rings. The van der Waals surface area contributed by atoms with Gasteiger partial charge in [-0.05, 0) is 60.1 Å². The Labute approximate surface area is 119 Å². The zero-order valence-corrected chi connectivity index (χ0v) is 11.5. The fourth-order valence-electron chi connectivity index (χ4n) is 3.07. The van der Waals surface area contributed by atoms with Gasteiger partial charge in [0.15, 0.2) is 0 Å². The molecule has 0 aliphatic heterocycles. The molecule has 1 saturated carbocycles. The summed E-state index contributed by atoms with van der Waals surface area (Å²) in [6.45, 7) is 0. The van der Waals surface area contributed by atoms with Crippen molar-refractivity contribution >= 4 is 0 Å². The smallest absolute Gasteiger partial charge is 0.120 e. The number of hydrogen-bond donors (Lipinski definition) is 1. The highest BCUT2D eigenvalue weighted by Crippen LogP contribution is 2.37. The van der Waals surface area contributed by atoms with Gasteiger partial charge in [0, 0.05) is 6.04 Å². The van der Waals surface area contributed by atoms with Crippen molar-refractivity contribution in [2.75, 3.05) is 0 Å². The van der Waals surface area contributed by atoms with E-state index in [-0.39, 0.29) is 6.04 Å². The minimum absolute atomic E-state index is 0.204. The van der Waals surface area contributed by atoms with Gasteiger partial charge in [-0.25, -0.2) is 0 Å². The number of nitrogens with two attached hydrogens (primary N) is 1. The molecule has 0 saturated heterocycles. The molecular weight excluding hydrogens is 246 g/mol. The van der Waals surface area contributed by atoms with Crippen molar-refractivity contribution in [3.8, 4) is 16.9 Å². The Morgan fingerprint density at radius 2 is 1.85 bits per heavy atom. The lowest BCUT2D eigenvalue weighted by Crippen LogP contribution is -2.04. The molecule has 1 unspecified atom stereocenters. The first-order chi connectivity index (χ1) is 9.81. The molecule has 2 aliphatic rings. The third-order valence-corrected chi connectivity index (χ3v) is 4.29. The van der Waals surface area contributed by atoms with Crippen molar-refractivity contribution in [2.45, 2.75) is 37.8 Å². The summed E-state index contributed by atoms with van der Waals surface area (Å²) in [5, 5.41) is 0. The number of benzene rings is 2. The Balaban J connectivity index is 1.74. The van der Waals surface area contributed by atoms with Gasteiger partial charge < -0.3 is 10.5 Å². The van der Waals surface area contributed by atoms with Crippen LogP contribution in [0.25, 0.3) is 11.1 Å². The van der Waals surface area contributed by atoms with Gasteiger partial charge in [0.1, 0.15) is 5.75 Å². The highest BCUT2D eigenvalue weighted by atomic mass is 16.5. The Morgan fingerprint density at radius 3 is 2.70 bits per heavy atom. The third-order valence-electron chi connectivity index (χ3n) is 4.29. The van der Waals surface area contributed by atoms with E-state index in [1.807, 2.05) is 0 Å². The van der Waals surface area contributed by atoms with Crippen LogP contribution in [0, 0.1) is 0 Å². The maximum Gasteiger partial charge on any atom is 0.120 e. The fraction of sp³-hybridized carbons (Fsp3) is 0.333. The number of fused-ring (bicyclic) bond motifs is 1. The van der Waals surface area contributed by atoms with Crippen LogP contribution in [0.4, 0.5) is 0 Å². The standard InChI is InChI=1S/C18H19NO/c19-18-10-9-16-15(5-2-6-17(16)18)12-3-1-4-14(11-12)20-13-7-8-13/h1-6,11,13,18H,7-10,19H2. The first kappa shape index (κ1) is 12.0. The molecule has 2 aromatic rings. The highest BCUT2D eigenvalue weighted by molar-refractivity contribution is 5.71. The second-order valence-corrected chi connectivity index (χ2v) is 5.86. The van der Waals surface area contributed by atoms with Gasteiger partial charge in [-0.1, -0.05) is 30.3 Å². The molecule has 4 rings (SSSR count). The van der Waals surface area contributed by atoms with E-state index in [2.05, 4.69) is 42.5 Å². The topological polar surface area (TPSA) is 35.2 Å². The van der Waals surface area contributed by atoms with Crippen LogP contribution in [-0.4, -0.2) is 6.10 Å². The lowest BCUT2D eigenvalue weighted by Gasteiger charge is -2.12. The minimum Gasteiger partial charge on any atom is -0.490 e. The van der Waals surface area contributed by atoms with Crippen LogP contribution in [0.1, 0.15) is 36.4 Å². The first-order valence-corrected chi connectivity index (χ1v) is 7.46. The highest BCUT2D eigenvalue weighted by Gasteiger charge is 2.24. The molecule has 0 spiro atoms. The predicted molar refractivity (Wildman–Crippen MR) is 80.8 cm³/mol. The van der Waals surface area contributed by atoms with Crippen molar-refractivity contribution in [3.05, 3.63) is 53.6 Å². The zero-order valence-electron chi connectivity index (χ0n) is 11.5. The van der Waals surface area contributed by atoms with Crippen LogP contribution >= 0.6 is 0 Å². The van der Waals surface area contributed by atoms with E-state index >= 15 is 0 Å².